The SMILES string of the molecule is CC/C=C\C/C=C\C/C=C\C/C=C\C/C=C\C/C=C\C/C=C\CCCCCCCCCC(=O)NC(COC1OC(CO)C(OC2OC(CO)C(O)C(O)C2O)C(O)C1O)C(O)/C=C/CC/C=C/CCCCCCCCCCCCCCCCCCCCCC. The first-order valence-corrected chi connectivity index (χ1v) is 35.6. The molecule has 12 unspecified atom stereocenters. The van der Waals surface area contributed by atoms with E-state index in [0.717, 1.165) is 103 Å². The average Bonchev–Trinajstić information content (AvgIpc) is 2.51. The van der Waals surface area contributed by atoms with E-state index in [1.807, 2.05) is 6.08 Å². The number of allylic oxidation sites excluding steroid dienone is 17. The largest absolute Gasteiger partial charge is 0.394 e. The number of aliphatic hydroxyl groups excluding tert-OH is 8. The van der Waals surface area contributed by atoms with Crippen molar-refractivity contribution in [2.75, 3.05) is 19.8 Å². The van der Waals surface area contributed by atoms with Crippen molar-refractivity contribution in [3.63, 3.8) is 0 Å². The number of carbonyl (C=O) groups is 1. The maximum atomic E-state index is 13.3. The van der Waals surface area contributed by atoms with Gasteiger partial charge in [0, 0.05) is 6.42 Å². The van der Waals surface area contributed by atoms with Crippen LogP contribution in [0.2, 0.25) is 0 Å². The van der Waals surface area contributed by atoms with Gasteiger partial charge in [-0.15, -0.1) is 0 Å². The van der Waals surface area contributed by atoms with Gasteiger partial charge in [0.15, 0.2) is 12.6 Å². The Labute approximate surface area is 540 Å². The van der Waals surface area contributed by atoms with Gasteiger partial charge in [0.05, 0.1) is 32.0 Å². The molecule has 512 valence electrons. The third-order valence-corrected chi connectivity index (χ3v) is 16.7. The summed E-state index contributed by atoms with van der Waals surface area (Å²) in [6.07, 6.45) is 67.1. The Balaban J connectivity index is 1.71. The van der Waals surface area contributed by atoms with Crippen molar-refractivity contribution < 1.29 is 64.6 Å². The lowest BCUT2D eigenvalue weighted by atomic mass is 9.97. The van der Waals surface area contributed by atoms with Crippen molar-refractivity contribution in [3.8, 4) is 0 Å². The topological polar surface area (TPSA) is 228 Å². The Morgan fingerprint density at radius 2 is 0.787 bits per heavy atom. The summed E-state index contributed by atoms with van der Waals surface area (Å²) in [4.78, 5) is 13.3. The lowest BCUT2D eigenvalue weighted by Crippen LogP contribution is -2.65. The zero-order chi connectivity index (χ0) is 64.5. The normalized spacial score (nSPS) is 23.7. The van der Waals surface area contributed by atoms with Gasteiger partial charge in [0.1, 0.15) is 48.8 Å². The third-order valence-electron chi connectivity index (χ3n) is 16.7. The molecule has 0 saturated carbocycles. The van der Waals surface area contributed by atoms with E-state index < -0.39 is 86.8 Å². The van der Waals surface area contributed by atoms with Gasteiger partial charge in [0.25, 0.3) is 0 Å². The van der Waals surface area contributed by atoms with Crippen molar-refractivity contribution in [3.05, 3.63) is 109 Å². The lowest BCUT2D eigenvalue weighted by Gasteiger charge is -2.46. The molecule has 2 aliphatic heterocycles. The molecule has 0 radical (unpaired) electrons. The maximum absolute atomic E-state index is 13.3. The zero-order valence-corrected chi connectivity index (χ0v) is 55.6. The van der Waals surface area contributed by atoms with Gasteiger partial charge < -0.3 is 65.1 Å². The molecule has 2 heterocycles. The standard InChI is InChI=1S/C75H129NO13/c1-3-5-7-9-11-13-15-17-19-21-23-25-27-29-31-32-33-35-37-39-41-43-45-47-49-51-53-55-57-59-67(80)76-63(62-86-74-72(85)70(83)73(66(61-78)88-74)89-75-71(84)69(82)68(81)65(60-77)87-75)64(79)58-56-54-52-50-48-46-44-42-40-38-36-34-30-28-26-24-22-20-18-16-14-12-10-8-6-4-2/h5,7,11,13,17,19,23,25,29,31,33,35,39,41,48,50,56,58,63-66,68-75,77-79,81-85H,3-4,6,8-10,12,14-16,18,20-22,24,26-28,30,32,34,36-38,40,42-47,49,51-55,57,59-62H2,1-2H3,(H,76,80)/b7-5-,13-11-,19-17-,25-23-,31-29-,35-33-,41-39-,50-48+,58-56+. The minimum atomic E-state index is -1.80. The monoisotopic (exact) mass is 1250 g/mol. The minimum Gasteiger partial charge on any atom is -0.394 e. The van der Waals surface area contributed by atoms with Crippen LogP contribution in [0.4, 0.5) is 0 Å². The molecule has 0 spiro atoms. The predicted octanol–water partition coefficient (Wildman–Crippen LogP) is 14.7. The molecule has 0 aliphatic carbocycles. The number of aliphatic hydroxyl groups is 8. The Morgan fingerprint density at radius 3 is 1.24 bits per heavy atom. The Morgan fingerprint density at radius 1 is 0.416 bits per heavy atom. The quantitative estimate of drug-likeness (QED) is 0.0204. The highest BCUT2D eigenvalue weighted by molar-refractivity contribution is 5.76. The van der Waals surface area contributed by atoms with Crippen LogP contribution >= 0.6 is 0 Å². The fraction of sp³-hybridized carbons (Fsp3) is 0.747. The molecular weight excluding hydrogens is 1120 g/mol. The van der Waals surface area contributed by atoms with Crippen molar-refractivity contribution in [1.82, 2.24) is 5.32 Å². The Kier molecular flexibility index (Phi) is 53.7. The molecule has 12 atom stereocenters. The van der Waals surface area contributed by atoms with Crippen LogP contribution in [0.25, 0.3) is 0 Å². The van der Waals surface area contributed by atoms with Crippen LogP contribution in [0.3, 0.4) is 0 Å². The summed E-state index contributed by atoms with van der Waals surface area (Å²) in [5, 5.41) is 87.4. The first-order chi connectivity index (χ1) is 43.6. The average molecular weight is 1250 g/mol. The number of rotatable bonds is 57. The Bertz CT molecular complexity index is 1910. The van der Waals surface area contributed by atoms with Crippen LogP contribution in [-0.4, -0.2) is 140 Å². The minimum absolute atomic E-state index is 0.254. The number of carbonyl (C=O) groups excluding carboxylic acids is 1. The van der Waals surface area contributed by atoms with Gasteiger partial charge in [0.2, 0.25) is 5.91 Å². The maximum Gasteiger partial charge on any atom is 0.220 e. The van der Waals surface area contributed by atoms with E-state index in [2.05, 4.69) is 116 Å². The predicted molar refractivity (Wildman–Crippen MR) is 364 cm³/mol. The van der Waals surface area contributed by atoms with Crippen molar-refractivity contribution >= 4 is 5.91 Å². The lowest BCUT2D eigenvalue weighted by molar-refractivity contribution is -0.359. The summed E-state index contributed by atoms with van der Waals surface area (Å²) >= 11 is 0. The second kappa shape index (κ2) is 58.5. The van der Waals surface area contributed by atoms with Crippen LogP contribution in [0, 0.1) is 0 Å². The summed E-state index contributed by atoms with van der Waals surface area (Å²) in [6, 6.07) is -0.947. The van der Waals surface area contributed by atoms with Gasteiger partial charge >= 0.3 is 0 Å². The van der Waals surface area contributed by atoms with E-state index in [1.165, 1.54) is 128 Å². The second-order valence-corrected chi connectivity index (χ2v) is 24.6. The first-order valence-electron chi connectivity index (χ1n) is 35.6. The van der Waals surface area contributed by atoms with E-state index in [1.54, 1.807) is 6.08 Å². The molecule has 2 aliphatic rings. The van der Waals surface area contributed by atoms with Gasteiger partial charge in [-0.25, -0.2) is 0 Å². The molecular formula is C75H129NO13. The smallest absolute Gasteiger partial charge is 0.220 e. The number of hydrogen-bond donors (Lipinski definition) is 9. The molecule has 0 aromatic heterocycles. The van der Waals surface area contributed by atoms with E-state index in [0.29, 0.717) is 12.8 Å². The number of hydrogen-bond acceptors (Lipinski definition) is 13. The van der Waals surface area contributed by atoms with Gasteiger partial charge in [-0.05, 0) is 89.9 Å². The summed E-state index contributed by atoms with van der Waals surface area (Å²) in [5.41, 5.74) is 0. The molecule has 0 aromatic rings. The molecule has 2 saturated heterocycles. The number of nitrogens with one attached hydrogen (secondary N) is 1. The van der Waals surface area contributed by atoms with Crippen LogP contribution in [0.1, 0.15) is 264 Å². The highest BCUT2D eigenvalue weighted by Crippen LogP contribution is 2.30. The van der Waals surface area contributed by atoms with Gasteiger partial charge in [-0.1, -0.05) is 277 Å². The van der Waals surface area contributed by atoms with Crippen molar-refractivity contribution in [2.24, 2.45) is 0 Å². The zero-order valence-electron chi connectivity index (χ0n) is 55.6. The molecule has 89 heavy (non-hydrogen) atoms. The molecule has 2 fully saturated rings. The summed E-state index contributed by atoms with van der Waals surface area (Å²) in [7, 11) is 0. The molecule has 2 rings (SSSR count). The summed E-state index contributed by atoms with van der Waals surface area (Å²) < 4.78 is 22.8. The molecule has 9 N–H and O–H groups in total. The van der Waals surface area contributed by atoms with E-state index in [4.69, 9.17) is 18.9 Å². The third kappa shape index (κ3) is 42.5. The van der Waals surface area contributed by atoms with Crippen LogP contribution in [0.5, 0.6) is 0 Å². The molecule has 1 amide bonds. The number of unbranched alkanes of at least 4 members (excludes halogenated alkanes) is 28. The highest BCUT2D eigenvalue weighted by Gasteiger charge is 2.51. The highest BCUT2D eigenvalue weighted by atomic mass is 16.7. The van der Waals surface area contributed by atoms with Crippen LogP contribution < -0.4 is 5.32 Å². The molecule has 0 bridgehead atoms. The van der Waals surface area contributed by atoms with Crippen LogP contribution in [0.15, 0.2) is 109 Å². The second-order valence-electron chi connectivity index (χ2n) is 24.6. The molecule has 0 aromatic carbocycles. The van der Waals surface area contributed by atoms with E-state index in [-0.39, 0.29) is 18.9 Å². The van der Waals surface area contributed by atoms with Crippen molar-refractivity contribution in [1.29, 1.82) is 0 Å². The Hall–Kier alpha value is -3.35. The first kappa shape index (κ1) is 81.7. The molecule has 14 heteroatoms. The summed E-state index contributed by atoms with van der Waals surface area (Å²) in [5.74, 6) is -0.263. The fourth-order valence-electron chi connectivity index (χ4n) is 11.1. The van der Waals surface area contributed by atoms with Crippen molar-refractivity contribution in [2.45, 2.75) is 338 Å². The van der Waals surface area contributed by atoms with Gasteiger partial charge in [-0.2, -0.15) is 0 Å². The number of ether oxygens (including phenoxy) is 4. The summed E-state index contributed by atoms with van der Waals surface area (Å²) in [6.45, 7) is 2.68. The van der Waals surface area contributed by atoms with Gasteiger partial charge in [-0.3, -0.25) is 4.79 Å². The number of amides is 1. The fourth-order valence-corrected chi connectivity index (χ4v) is 11.1. The van der Waals surface area contributed by atoms with E-state index in [9.17, 15) is 45.6 Å². The van der Waals surface area contributed by atoms with E-state index >= 15 is 0 Å². The van der Waals surface area contributed by atoms with Crippen LogP contribution in [-0.2, 0) is 23.7 Å². The molecule has 14 nitrogen and oxygen atoms in total.